The van der Waals surface area contributed by atoms with Gasteiger partial charge >= 0.3 is 0 Å². The van der Waals surface area contributed by atoms with Crippen molar-refractivity contribution in [1.29, 1.82) is 0 Å². The Balaban J connectivity index is 1.56. The Bertz CT molecular complexity index is 432. The zero-order valence-electron chi connectivity index (χ0n) is 11.6. The summed E-state index contributed by atoms with van der Waals surface area (Å²) in [5, 5.41) is 3.84. The van der Waals surface area contributed by atoms with Gasteiger partial charge in [0.2, 0.25) is 0 Å². The topological polar surface area (TPSA) is 15.3 Å². The first-order valence-electron chi connectivity index (χ1n) is 7.50. The second-order valence-electron chi connectivity index (χ2n) is 5.83. The summed E-state index contributed by atoms with van der Waals surface area (Å²) in [6, 6.07) is 2.94. The van der Waals surface area contributed by atoms with Crippen LogP contribution in [0.15, 0.2) is 9.85 Å². The molecule has 2 unspecified atom stereocenters. The van der Waals surface area contributed by atoms with E-state index >= 15 is 0 Å². The number of aryl methyl sites for hydroxylation is 1. The first kappa shape index (κ1) is 14.1. The van der Waals surface area contributed by atoms with Crippen LogP contribution in [0.1, 0.15) is 42.7 Å². The monoisotopic (exact) mass is 342 g/mol. The molecule has 4 heteroatoms. The number of nitrogens with zero attached hydrogens (tertiary/aromatic N) is 1. The largest absolute Gasteiger partial charge is 0.310 e. The van der Waals surface area contributed by atoms with E-state index in [1.807, 2.05) is 11.3 Å². The summed E-state index contributed by atoms with van der Waals surface area (Å²) in [7, 11) is 0. The molecule has 1 N–H and O–H groups in total. The standard InChI is InChI=1S/C15H23BrN2S/c1-2-18-7-6-11(10-18)9-17-13-4-3-5-14-12(13)8-15(16)19-14/h8,11,13,17H,2-7,9-10H2,1H3. The Morgan fingerprint density at radius 3 is 3.16 bits per heavy atom. The van der Waals surface area contributed by atoms with Gasteiger partial charge in [-0.3, -0.25) is 0 Å². The van der Waals surface area contributed by atoms with Crippen molar-refractivity contribution in [2.24, 2.45) is 5.92 Å². The Labute approximate surface area is 128 Å². The fourth-order valence-electron chi connectivity index (χ4n) is 3.41. The zero-order valence-corrected chi connectivity index (χ0v) is 14.0. The molecular weight excluding hydrogens is 320 g/mol. The van der Waals surface area contributed by atoms with Crippen LogP contribution in [0.3, 0.4) is 0 Å². The second kappa shape index (κ2) is 6.25. The minimum absolute atomic E-state index is 0.599. The molecule has 2 nitrogen and oxygen atoms in total. The summed E-state index contributed by atoms with van der Waals surface area (Å²) in [5.74, 6) is 0.854. The van der Waals surface area contributed by atoms with E-state index < -0.39 is 0 Å². The highest BCUT2D eigenvalue weighted by Gasteiger charge is 2.25. The molecular formula is C15H23BrN2S. The lowest BCUT2D eigenvalue weighted by Crippen LogP contribution is -2.30. The van der Waals surface area contributed by atoms with E-state index in [0.717, 1.165) is 5.92 Å². The van der Waals surface area contributed by atoms with Crippen LogP contribution in [0, 0.1) is 5.92 Å². The van der Waals surface area contributed by atoms with E-state index in [1.165, 1.54) is 55.6 Å². The van der Waals surface area contributed by atoms with Crippen LogP contribution in [-0.2, 0) is 6.42 Å². The molecule has 1 aliphatic carbocycles. The van der Waals surface area contributed by atoms with Crippen LogP contribution < -0.4 is 5.32 Å². The lowest BCUT2D eigenvalue weighted by Gasteiger charge is -2.25. The predicted molar refractivity (Wildman–Crippen MR) is 85.9 cm³/mol. The van der Waals surface area contributed by atoms with Crippen molar-refractivity contribution in [3.8, 4) is 0 Å². The van der Waals surface area contributed by atoms with E-state index in [2.05, 4.69) is 39.1 Å². The van der Waals surface area contributed by atoms with Gasteiger partial charge in [-0.15, -0.1) is 11.3 Å². The molecule has 2 heterocycles. The number of hydrogen-bond acceptors (Lipinski definition) is 3. The molecule has 19 heavy (non-hydrogen) atoms. The summed E-state index contributed by atoms with van der Waals surface area (Å²) >= 11 is 5.56. The van der Waals surface area contributed by atoms with Gasteiger partial charge in [-0.1, -0.05) is 6.92 Å². The molecule has 0 spiro atoms. The number of halogens is 1. The quantitative estimate of drug-likeness (QED) is 0.894. The summed E-state index contributed by atoms with van der Waals surface area (Å²) in [5.41, 5.74) is 1.56. The van der Waals surface area contributed by atoms with Gasteiger partial charge in [-0.05, 0) is 78.8 Å². The van der Waals surface area contributed by atoms with Crippen molar-refractivity contribution in [2.45, 2.75) is 38.6 Å². The highest BCUT2D eigenvalue weighted by atomic mass is 79.9. The fourth-order valence-corrected chi connectivity index (χ4v) is 5.23. The molecule has 1 aliphatic heterocycles. The number of likely N-dealkylation sites (tertiary alicyclic amines) is 1. The van der Waals surface area contributed by atoms with E-state index in [0.29, 0.717) is 6.04 Å². The molecule has 0 radical (unpaired) electrons. The third-order valence-electron chi connectivity index (χ3n) is 4.55. The lowest BCUT2D eigenvalue weighted by atomic mass is 9.93. The van der Waals surface area contributed by atoms with Gasteiger partial charge in [-0.2, -0.15) is 0 Å². The maximum Gasteiger partial charge on any atom is 0.0704 e. The Kier molecular flexibility index (Phi) is 4.62. The van der Waals surface area contributed by atoms with Crippen LogP contribution in [0.2, 0.25) is 0 Å². The Morgan fingerprint density at radius 2 is 2.37 bits per heavy atom. The normalized spacial score (nSPS) is 27.7. The van der Waals surface area contributed by atoms with Crippen LogP contribution in [0.5, 0.6) is 0 Å². The van der Waals surface area contributed by atoms with Gasteiger partial charge in [-0.25, -0.2) is 0 Å². The van der Waals surface area contributed by atoms with Crippen LogP contribution in [-0.4, -0.2) is 31.1 Å². The predicted octanol–water partition coefficient (Wildman–Crippen LogP) is 3.82. The molecule has 2 aliphatic rings. The molecule has 0 saturated carbocycles. The fraction of sp³-hybridized carbons (Fsp3) is 0.733. The van der Waals surface area contributed by atoms with Crippen LogP contribution >= 0.6 is 27.3 Å². The molecule has 1 fully saturated rings. The zero-order chi connectivity index (χ0) is 13.2. The molecule has 2 atom stereocenters. The van der Waals surface area contributed by atoms with Crippen molar-refractivity contribution in [1.82, 2.24) is 10.2 Å². The number of fused-ring (bicyclic) bond motifs is 1. The molecule has 1 aromatic heterocycles. The van der Waals surface area contributed by atoms with E-state index in [-0.39, 0.29) is 0 Å². The van der Waals surface area contributed by atoms with Crippen LogP contribution in [0.25, 0.3) is 0 Å². The van der Waals surface area contributed by atoms with Gasteiger partial charge in [0.1, 0.15) is 0 Å². The van der Waals surface area contributed by atoms with Crippen molar-refractivity contribution >= 4 is 27.3 Å². The van der Waals surface area contributed by atoms with Crippen molar-refractivity contribution < 1.29 is 0 Å². The smallest absolute Gasteiger partial charge is 0.0704 e. The highest BCUT2D eigenvalue weighted by molar-refractivity contribution is 9.11. The minimum atomic E-state index is 0.599. The van der Waals surface area contributed by atoms with E-state index in [4.69, 9.17) is 0 Å². The Hall–Kier alpha value is 0.100. The molecule has 106 valence electrons. The SMILES string of the molecule is CCN1CCC(CNC2CCCc3sc(Br)cc32)C1. The van der Waals surface area contributed by atoms with Gasteiger partial charge in [0.05, 0.1) is 3.79 Å². The number of hydrogen-bond donors (Lipinski definition) is 1. The number of rotatable bonds is 4. The van der Waals surface area contributed by atoms with Gasteiger partial charge in [0.25, 0.3) is 0 Å². The molecule has 1 saturated heterocycles. The van der Waals surface area contributed by atoms with Gasteiger partial charge < -0.3 is 10.2 Å². The average molecular weight is 343 g/mol. The van der Waals surface area contributed by atoms with E-state index in [1.54, 1.807) is 10.4 Å². The lowest BCUT2D eigenvalue weighted by molar-refractivity contribution is 0.332. The molecule has 1 aromatic rings. The summed E-state index contributed by atoms with van der Waals surface area (Å²) < 4.78 is 1.30. The second-order valence-corrected chi connectivity index (χ2v) is 8.35. The maximum atomic E-state index is 3.84. The number of thiophene rings is 1. The molecule has 3 rings (SSSR count). The highest BCUT2D eigenvalue weighted by Crippen LogP contribution is 2.38. The summed E-state index contributed by atoms with van der Waals surface area (Å²) in [6.45, 7) is 7.25. The van der Waals surface area contributed by atoms with Crippen LogP contribution in [0.4, 0.5) is 0 Å². The number of nitrogens with one attached hydrogen (secondary N) is 1. The first-order valence-corrected chi connectivity index (χ1v) is 9.11. The third-order valence-corrected chi connectivity index (χ3v) is 6.27. The molecule has 0 amide bonds. The minimum Gasteiger partial charge on any atom is -0.310 e. The Morgan fingerprint density at radius 1 is 1.47 bits per heavy atom. The maximum absolute atomic E-state index is 3.84. The van der Waals surface area contributed by atoms with Crippen molar-refractivity contribution in [3.05, 3.63) is 20.3 Å². The molecule has 0 bridgehead atoms. The van der Waals surface area contributed by atoms with Crippen molar-refractivity contribution in [2.75, 3.05) is 26.2 Å². The summed E-state index contributed by atoms with van der Waals surface area (Å²) in [4.78, 5) is 4.16. The van der Waals surface area contributed by atoms with Gasteiger partial charge in [0, 0.05) is 17.5 Å². The van der Waals surface area contributed by atoms with E-state index in [9.17, 15) is 0 Å². The molecule has 0 aromatic carbocycles. The van der Waals surface area contributed by atoms with Crippen molar-refractivity contribution in [3.63, 3.8) is 0 Å². The third kappa shape index (κ3) is 3.23. The first-order chi connectivity index (χ1) is 9.26. The average Bonchev–Trinajstić information content (AvgIpc) is 3.01. The summed E-state index contributed by atoms with van der Waals surface area (Å²) in [6.07, 6.45) is 5.29. The van der Waals surface area contributed by atoms with Gasteiger partial charge in [0.15, 0.2) is 0 Å².